The molecule has 76 valence electrons. The third-order valence-electron chi connectivity index (χ3n) is 0.508. The van der Waals surface area contributed by atoms with Crippen molar-refractivity contribution < 1.29 is 14.9 Å². The van der Waals surface area contributed by atoms with Crippen molar-refractivity contribution in [1.82, 2.24) is 0 Å². The standard InChI is InChI=1S/C4H10O.C3H6.C2H6O2/c1-3-5-4-2;1-3-2;3-1-2-4/h3-4H2,1-2H3;3H,1H2,2H3;3-4H,1-2H2. The van der Waals surface area contributed by atoms with Crippen LogP contribution in [0, 0.1) is 0 Å². The molecule has 0 fully saturated rings. The zero-order valence-corrected chi connectivity index (χ0v) is 8.42. The van der Waals surface area contributed by atoms with E-state index in [2.05, 4.69) is 6.58 Å². The summed E-state index contributed by atoms with van der Waals surface area (Å²) < 4.78 is 4.83. The van der Waals surface area contributed by atoms with E-state index in [-0.39, 0.29) is 13.2 Å². The van der Waals surface area contributed by atoms with Crippen molar-refractivity contribution in [3.05, 3.63) is 12.7 Å². The first-order valence-corrected chi connectivity index (χ1v) is 4.11. The summed E-state index contributed by atoms with van der Waals surface area (Å²) in [6, 6.07) is 0. The van der Waals surface area contributed by atoms with E-state index in [0.29, 0.717) is 0 Å². The first-order chi connectivity index (χ1) is 5.74. The number of ether oxygens (including phenoxy) is 1. The molecule has 0 amide bonds. The molecule has 0 saturated heterocycles. The van der Waals surface area contributed by atoms with E-state index < -0.39 is 0 Å². The van der Waals surface area contributed by atoms with Crippen LogP contribution >= 0.6 is 0 Å². The van der Waals surface area contributed by atoms with Gasteiger partial charge in [0.05, 0.1) is 13.2 Å². The van der Waals surface area contributed by atoms with Gasteiger partial charge in [-0.05, 0) is 20.8 Å². The van der Waals surface area contributed by atoms with Gasteiger partial charge in [0.2, 0.25) is 0 Å². The van der Waals surface area contributed by atoms with Crippen LogP contribution in [0.4, 0.5) is 0 Å². The lowest BCUT2D eigenvalue weighted by atomic mass is 10.8. The molecule has 0 aliphatic heterocycles. The van der Waals surface area contributed by atoms with Gasteiger partial charge >= 0.3 is 0 Å². The molecule has 0 rings (SSSR count). The summed E-state index contributed by atoms with van der Waals surface area (Å²) in [4.78, 5) is 0. The molecule has 0 atom stereocenters. The molecule has 0 spiro atoms. The molecule has 0 radical (unpaired) electrons. The van der Waals surface area contributed by atoms with Gasteiger partial charge in [-0.25, -0.2) is 0 Å². The second kappa shape index (κ2) is 31.1. The van der Waals surface area contributed by atoms with Crippen molar-refractivity contribution in [2.24, 2.45) is 0 Å². The van der Waals surface area contributed by atoms with Crippen LogP contribution in [0.1, 0.15) is 20.8 Å². The summed E-state index contributed by atoms with van der Waals surface area (Å²) in [5, 5.41) is 15.2. The van der Waals surface area contributed by atoms with Crippen LogP contribution in [0.15, 0.2) is 12.7 Å². The maximum atomic E-state index is 7.62. The van der Waals surface area contributed by atoms with E-state index in [9.17, 15) is 0 Å². The molecule has 0 aromatic rings. The molecular formula is C9H22O3. The third kappa shape index (κ3) is 104. The Hall–Kier alpha value is -0.380. The Kier molecular flexibility index (Phi) is 45.7. The Bertz CT molecular complexity index is 51.7. The highest BCUT2D eigenvalue weighted by atomic mass is 16.5. The van der Waals surface area contributed by atoms with Gasteiger partial charge < -0.3 is 14.9 Å². The lowest BCUT2D eigenvalue weighted by Crippen LogP contribution is -1.85. The Morgan fingerprint density at radius 2 is 1.42 bits per heavy atom. The molecule has 0 aliphatic rings. The molecular weight excluding hydrogens is 156 g/mol. The summed E-state index contributed by atoms with van der Waals surface area (Å²) in [5.74, 6) is 0. The molecule has 12 heavy (non-hydrogen) atoms. The lowest BCUT2D eigenvalue weighted by molar-refractivity contribution is 0.162. The van der Waals surface area contributed by atoms with Gasteiger partial charge in [-0.1, -0.05) is 6.08 Å². The Labute approximate surface area is 75.7 Å². The second-order valence-electron chi connectivity index (χ2n) is 1.64. The molecule has 2 N–H and O–H groups in total. The smallest absolute Gasteiger partial charge is 0.0662 e. The fourth-order valence-corrected chi connectivity index (χ4v) is 0.204. The Morgan fingerprint density at radius 1 is 1.17 bits per heavy atom. The zero-order chi connectivity index (χ0) is 10.2. The monoisotopic (exact) mass is 178 g/mol. The van der Waals surface area contributed by atoms with Crippen molar-refractivity contribution in [2.45, 2.75) is 20.8 Å². The molecule has 0 unspecified atom stereocenters. The van der Waals surface area contributed by atoms with Gasteiger partial charge in [0.25, 0.3) is 0 Å². The third-order valence-corrected chi connectivity index (χ3v) is 0.508. The molecule has 3 nitrogen and oxygen atoms in total. The molecule has 0 aromatic carbocycles. The number of hydrogen-bond donors (Lipinski definition) is 2. The largest absolute Gasteiger partial charge is 0.394 e. The highest BCUT2D eigenvalue weighted by Gasteiger charge is 1.64. The molecule has 0 aliphatic carbocycles. The van der Waals surface area contributed by atoms with Crippen LogP contribution < -0.4 is 0 Å². The molecule has 0 aromatic heterocycles. The SMILES string of the molecule is C=CC.CCOCC.OCCO. The van der Waals surface area contributed by atoms with Crippen molar-refractivity contribution >= 4 is 0 Å². The van der Waals surface area contributed by atoms with Crippen LogP contribution in [0.25, 0.3) is 0 Å². The zero-order valence-electron chi connectivity index (χ0n) is 8.42. The number of rotatable bonds is 3. The summed E-state index contributed by atoms with van der Waals surface area (Å²) in [5.41, 5.74) is 0. The quantitative estimate of drug-likeness (QED) is 0.639. The van der Waals surface area contributed by atoms with E-state index in [1.165, 1.54) is 0 Å². The van der Waals surface area contributed by atoms with Crippen molar-refractivity contribution in [3.63, 3.8) is 0 Å². The molecule has 0 heterocycles. The Balaban J connectivity index is -0.000000105. The van der Waals surface area contributed by atoms with Gasteiger partial charge in [-0.15, -0.1) is 6.58 Å². The number of aliphatic hydroxyl groups excluding tert-OH is 2. The molecule has 3 heteroatoms. The van der Waals surface area contributed by atoms with Crippen LogP contribution in [-0.4, -0.2) is 36.6 Å². The van der Waals surface area contributed by atoms with Crippen LogP contribution in [0.5, 0.6) is 0 Å². The van der Waals surface area contributed by atoms with Crippen molar-refractivity contribution in [1.29, 1.82) is 0 Å². The van der Waals surface area contributed by atoms with Gasteiger partial charge in [0, 0.05) is 13.2 Å². The number of hydrogen-bond acceptors (Lipinski definition) is 3. The fourth-order valence-electron chi connectivity index (χ4n) is 0.204. The van der Waals surface area contributed by atoms with Crippen molar-refractivity contribution in [3.8, 4) is 0 Å². The lowest BCUT2D eigenvalue weighted by Gasteiger charge is -1.86. The summed E-state index contributed by atoms with van der Waals surface area (Å²) >= 11 is 0. The summed E-state index contributed by atoms with van der Waals surface area (Å²) in [6.45, 7) is 10.7. The molecule has 0 saturated carbocycles. The molecule has 0 bridgehead atoms. The average Bonchev–Trinajstić information content (AvgIpc) is 2.08. The van der Waals surface area contributed by atoms with E-state index in [1.807, 2.05) is 20.8 Å². The van der Waals surface area contributed by atoms with Gasteiger partial charge in [0.15, 0.2) is 0 Å². The average molecular weight is 178 g/mol. The van der Waals surface area contributed by atoms with Crippen molar-refractivity contribution in [2.75, 3.05) is 26.4 Å². The minimum atomic E-state index is -0.125. The van der Waals surface area contributed by atoms with Crippen LogP contribution in [0.2, 0.25) is 0 Å². The highest BCUT2D eigenvalue weighted by molar-refractivity contribution is 4.51. The number of allylic oxidation sites excluding steroid dienone is 1. The summed E-state index contributed by atoms with van der Waals surface area (Å²) in [7, 11) is 0. The van der Waals surface area contributed by atoms with Gasteiger partial charge in [-0.3, -0.25) is 0 Å². The van der Waals surface area contributed by atoms with Gasteiger partial charge in [0.1, 0.15) is 0 Å². The topological polar surface area (TPSA) is 49.7 Å². The van der Waals surface area contributed by atoms with Gasteiger partial charge in [-0.2, -0.15) is 0 Å². The second-order valence-corrected chi connectivity index (χ2v) is 1.64. The first kappa shape index (κ1) is 17.6. The van der Waals surface area contributed by atoms with E-state index >= 15 is 0 Å². The Morgan fingerprint density at radius 3 is 1.42 bits per heavy atom. The normalized spacial score (nSPS) is 7.08. The number of aliphatic hydroxyl groups is 2. The maximum absolute atomic E-state index is 7.62. The minimum Gasteiger partial charge on any atom is -0.394 e. The fraction of sp³-hybridized carbons (Fsp3) is 0.778. The highest BCUT2D eigenvalue weighted by Crippen LogP contribution is 1.64. The maximum Gasteiger partial charge on any atom is 0.0662 e. The predicted octanol–water partition coefficient (Wildman–Crippen LogP) is 1.21. The van der Waals surface area contributed by atoms with E-state index in [1.54, 1.807) is 6.08 Å². The first-order valence-electron chi connectivity index (χ1n) is 4.11. The van der Waals surface area contributed by atoms with Crippen LogP contribution in [-0.2, 0) is 4.74 Å². The van der Waals surface area contributed by atoms with E-state index in [0.717, 1.165) is 13.2 Å². The van der Waals surface area contributed by atoms with Crippen LogP contribution in [0.3, 0.4) is 0 Å². The summed E-state index contributed by atoms with van der Waals surface area (Å²) in [6.07, 6.45) is 1.75. The van der Waals surface area contributed by atoms with E-state index in [4.69, 9.17) is 14.9 Å². The minimum absolute atomic E-state index is 0.125. The predicted molar refractivity (Wildman–Crippen MR) is 52.2 cm³/mol.